The summed E-state index contributed by atoms with van der Waals surface area (Å²) in [6, 6.07) is 2.12. The molecule has 0 radical (unpaired) electrons. The molecule has 0 N–H and O–H groups in total. The Labute approximate surface area is 100 Å². The van der Waals surface area contributed by atoms with Crippen molar-refractivity contribution in [2.75, 3.05) is 0 Å². The first kappa shape index (κ1) is 11.4. The Bertz CT molecular complexity index is 563. The number of benzene rings is 1. The molecule has 1 aromatic carbocycles. The van der Waals surface area contributed by atoms with Crippen LogP contribution in [0.1, 0.15) is 0 Å². The van der Waals surface area contributed by atoms with Crippen LogP contribution < -0.4 is 0 Å². The first-order chi connectivity index (χ1) is 7.61. The lowest BCUT2D eigenvalue weighted by atomic mass is 10.3. The van der Waals surface area contributed by atoms with E-state index in [0.29, 0.717) is 16.1 Å². The van der Waals surface area contributed by atoms with E-state index in [1.165, 1.54) is 11.9 Å². The fourth-order valence-electron chi connectivity index (χ4n) is 1.38. The van der Waals surface area contributed by atoms with Crippen molar-refractivity contribution >= 4 is 34.2 Å². The van der Waals surface area contributed by atoms with Crippen molar-refractivity contribution in [3.63, 3.8) is 0 Å². The average molecular weight is 263 g/mol. The number of hydrogen-bond donors (Lipinski definition) is 0. The van der Waals surface area contributed by atoms with Crippen molar-refractivity contribution in [2.24, 2.45) is 0 Å². The van der Waals surface area contributed by atoms with Gasteiger partial charge in [0.1, 0.15) is 0 Å². The van der Waals surface area contributed by atoms with E-state index in [-0.39, 0.29) is 6.54 Å². The highest BCUT2D eigenvalue weighted by molar-refractivity contribution is 6.36. The summed E-state index contributed by atoms with van der Waals surface area (Å²) < 4.78 is 27.5. The Kier molecular flexibility index (Phi) is 3.12. The largest absolute Gasteiger partial charge is 0.325 e. The second kappa shape index (κ2) is 4.39. The summed E-state index contributed by atoms with van der Waals surface area (Å²) in [5.41, 5.74) is 2.06. The zero-order chi connectivity index (χ0) is 11.7. The van der Waals surface area contributed by atoms with Gasteiger partial charge in [0, 0.05) is 22.7 Å². The molecule has 0 saturated carbocycles. The van der Waals surface area contributed by atoms with Gasteiger partial charge in [0.05, 0.1) is 23.9 Å². The lowest BCUT2D eigenvalue weighted by molar-refractivity contribution is 0.510. The standard InChI is InChI=1S/C10H6Cl2F2N2/c11-3-6(12)4-16-5-15-9-1-7(13)8(14)2-10(9)16/h1-3,5H,4H2/b6-3-. The fraction of sp³-hybridized carbons (Fsp3) is 0.100. The number of aromatic nitrogens is 2. The Morgan fingerprint density at radius 1 is 1.38 bits per heavy atom. The molecule has 2 nitrogen and oxygen atoms in total. The maximum Gasteiger partial charge on any atom is 0.161 e. The Morgan fingerprint density at radius 3 is 2.75 bits per heavy atom. The number of fused-ring (bicyclic) bond motifs is 1. The first-order valence-electron chi connectivity index (χ1n) is 4.36. The zero-order valence-electron chi connectivity index (χ0n) is 7.92. The number of nitrogens with zero attached hydrogens (tertiary/aromatic N) is 2. The minimum Gasteiger partial charge on any atom is -0.325 e. The molecular weight excluding hydrogens is 257 g/mol. The molecule has 16 heavy (non-hydrogen) atoms. The Hall–Kier alpha value is -1.13. The topological polar surface area (TPSA) is 17.8 Å². The molecule has 0 saturated heterocycles. The van der Waals surface area contributed by atoms with E-state index in [0.717, 1.165) is 12.1 Å². The van der Waals surface area contributed by atoms with Gasteiger partial charge in [-0.3, -0.25) is 0 Å². The summed E-state index contributed by atoms with van der Waals surface area (Å²) in [7, 11) is 0. The summed E-state index contributed by atoms with van der Waals surface area (Å²) in [5.74, 6) is -1.84. The maximum absolute atomic E-state index is 13.0. The van der Waals surface area contributed by atoms with Crippen LogP contribution in [0.25, 0.3) is 11.0 Å². The summed E-state index contributed by atoms with van der Waals surface area (Å²) in [6.07, 6.45) is 1.45. The van der Waals surface area contributed by atoms with Gasteiger partial charge >= 0.3 is 0 Å². The van der Waals surface area contributed by atoms with E-state index in [1.54, 1.807) is 4.57 Å². The Balaban J connectivity index is 2.52. The van der Waals surface area contributed by atoms with Crippen LogP contribution in [-0.2, 0) is 6.54 Å². The third kappa shape index (κ3) is 2.03. The second-order valence-electron chi connectivity index (χ2n) is 3.18. The minimum atomic E-state index is -0.920. The molecule has 0 fully saturated rings. The normalized spacial score (nSPS) is 12.4. The number of imidazole rings is 1. The van der Waals surface area contributed by atoms with Crippen LogP contribution in [0.3, 0.4) is 0 Å². The van der Waals surface area contributed by atoms with Crippen molar-refractivity contribution in [3.05, 3.63) is 40.7 Å². The molecule has 6 heteroatoms. The van der Waals surface area contributed by atoms with Gasteiger partial charge in [-0.1, -0.05) is 23.2 Å². The molecule has 0 unspecified atom stereocenters. The second-order valence-corrected chi connectivity index (χ2v) is 3.89. The van der Waals surface area contributed by atoms with Crippen LogP contribution in [0.2, 0.25) is 0 Å². The van der Waals surface area contributed by atoms with E-state index in [4.69, 9.17) is 23.2 Å². The predicted molar refractivity (Wildman–Crippen MR) is 59.4 cm³/mol. The van der Waals surface area contributed by atoms with E-state index < -0.39 is 11.6 Å². The monoisotopic (exact) mass is 262 g/mol. The molecular formula is C10H6Cl2F2N2. The lowest BCUT2D eigenvalue weighted by Gasteiger charge is -2.02. The molecule has 1 aromatic heterocycles. The quantitative estimate of drug-likeness (QED) is 0.808. The highest BCUT2D eigenvalue weighted by Gasteiger charge is 2.09. The van der Waals surface area contributed by atoms with E-state index >= 15 is 0 Å². The van der Waals surface area contributed by atoms with Crippen molar-refractivity contribution in [1.29, 1.82) is 0 Å². The van der Waals surface area contributed by atoms with Gasteiger partial charge in [-0.15, -0.1) is 0 Å². The van der Waals surface area contributed by atoms with E-state index in [2.05, 4.69) is 4.98 Å². The summed E-state index contributed by atoms with van der Waals surface area (Å²) >= 11 is 11.2. The van der Waals surface area contributed by atoms with Crippen molar-refractivity contribution in [3.8, 4) is 0 Å². The molecule has 0 aliphatic heterocycles. The van der Waals surface area contributed by atoms with Gasteiger partial charge in [-0.2, -0.15) is 0 Å². The SMILES string of the molecule is Fc1cc2ncn(C/C(Cl)=C/Cl)c2cc1F. The van der Waals surface area contributed by atoms with Gasteiger partial charge in [0.15, 0.2) is 11.6 Å². The van der Waals surface area contributed by atoms with Gasteiger partial charge in [0.2, 0.25) is 0 Å². The number of halogens is 4. The summed E-state index contributed by atoms with van der Waals surface area (Å²) in [5, 5.41) is 0.380. The van der Waals surface area contributed by atoms with Crippen LogP contribution in [0.15, 0.2) is 29.0 Å². The predicted octanol–water partition coefficient (Wildman–Crippen LogP) is 3.63. The smallest absolute Gasteiger partial charge is 0.161 e. The van der Waals surface area contributed by atoms with Crippen LogP contribution in [0.4, 0.5) is 8.78 Å². The van der Waals surface area contributed by atoms with Crippen molar-refractivity contribution in [1.82, 2.24) is 9.55 Å². The van der Waals surface area contributed by atoms with Crippen molar-refractivity contribution in [2.45, 2.75) is 6.54 Å². The van der Waals surface area contributed by atoms with Gasteiger partial charge < -0.3 is 4.57 Å². The van der Waals surface area contributed by atoms with Crippen LogP contribution in [0, 0.1) is 11.6 Å². The molecule has 1 heterocycles. The highest BCUT2D eigenvalue weighted by Crippen LogP contribution is 2.19. The molecule has 84 valence electrons. The lowest BCUT2D eigenvalue weighted by Crippen LogP contribution is -1.96. The van der Waals surface area contributed by atoms with Crippen LogP contribution in [0.5, 0.6) is 0 Å². The fourth-order valence-corrected chi connectivity index (χ4v) is 1.57. The van der Waals surface area contributed by atoms with Gasteiger partial charge in [0.25, 0.3) is 0 Å². The molecule has 2 aromatic rings. The van der Waals surface area contributed by atoms with E-state index in [1.807, 2.05) is 0 Å². The van der Waals surface area contributed by atoms with Crippen LogP contribution in [-0.4, -0.2) is 9.55 Å². The molecule has 0 spiro atoms. The minimum absolute atomic E-state index is 0.270. The maximum atomic E-state index is 13.0. The van der Waals surface area contributed by atoms with Crippen molar-refractivity contribution < 1.29 is 8.78 Å². The molecule has 0 atom stereocenters. The number of rotatable bonds is 2. The molecule has 0 aliphatic carbocycles. The summed E-state index contributed by atoms with van der Waals surface area (Å²) in [6.45, 7) is 0.270. The highest BCUT2D eigenvalue weighted by atomic mass is 35.5. The van der Waals surface area contributed by atoms with E-state index in [9.17, 15) is 8.78 Å². The average Bonchev–Trinajstić information content (AvgIpc) is 2.62. The molecule has 0 aliphatic rings. The third-order valence-corrected chi connectivity index (χ3v) is 2.71. The summed E-state index contributed by atoms with van der Waals surface area (Å²) in [4.78, 5) is 3.94. The number of hydrogen-bond acceptors (Lipinski definition) is 1. The van der Waals surface area contributed by atoms with Gasteiger partial charge in [-0.05, 0) is 0 Å². The molecule has 0 bridgehead atoms. The number of allylic oxidation sites excluding steroid dienone is 1. The molecule has 2 rings (SSSR count). The third-order valence-electron chi connectivity index (χ3n) is 2.10. The zero-order valence-corrected chi connectivity index (χ0v) is 9.43. The first-order valence-corrected chi connectivity index (χ1v) is 5.18. The molecule has 0 amide bonds. The van der Waals surface area contributed by atoms with Gasteiger partial charge in [-0.25, -0.2) is 13.8 Å². The Morgan fingerprint density at radius 2 is 2.06 bits per heavy atom. The van der Waals surface area contributed by atoms with Crippen LogP contribution >= 0.6 is 23.2 Å².